The van der Waals surface area contributed by atoms with E-state index in [0.717, 1.165) is 0 Å². The first-order valence-electron chi connectivity index (χ1n) is 3.92. The van der Waals surface area contributed by atoms with Gasteiger partial charge in [-0.15, -0.1) is 0 Å². The van der Waals surface area contributed by atoms with Crippen molar-refractivity contribution in [1.82, 2.24) is 0 Å². The van der Waals surface area contributed by atoms with Crippen molar-refractivity contribution in [3.8, 4) is 0 Å². The van der Waals surface area contributed by atoms with Crippen LogP contribution < -0.4 is 34.7 Å². The van der Waals surface area contributed by atoms with Crippen molar-refractivity contribution < 1.29 is 49.4 Å². The minimum atomic E-state index is -1.16. The van der Waals surface area contributed by atoms with E-state index in [2.05, 4.69) is 0 Å². The monoisotopic (exact) mass is 260 g/mol. The Morgan fingerprint density at radius 3 is 1.71 bits per heavy atom. The number of carboxylic acids is 2. The van der Waals surface area contributed by atoms with Crippen molar-refractivity contribution in [2.75, 3.05) is 0 Å². The van der Waals surface area contributed by atoms with Crippen LogP contribution in [-0.2, 0) is 9.59 Å². The molecule has 0 heterocycles. The Morgan fingerprint density at radius 1 is 1.18 bits per heavy atom. The molecular formula is C12H29NaO4. The van der Waals surface area contributed by atoms with Crippen LogP contribution in [0.1, 0.15) is 56.4 Å². The van der Waals surface area contributed by atoms with Crippen LogP contribution in [0.5, 0.6) is 0 Å². The second kappa shape index (κ2) is 18.3. The minimum Gasteiger partial charge on any atom is -0.550 e. The summed E-state index contributed by atoms with van der Waals surface area (Å²) < 4.78 is 0. The van der Waals surface area contributed by atoms with E-state index in [-0.39, 0.29) is 65.7 Å². The molecule has 0 saturated carbocycles. The molecule has 0 aliphatic rings. The fourth-order valence-electron chi connectivity index (χ4n) is 0.957. The zero-order valence-corrected chi connectivity index (χ0v) is 10.2. The van der Waals surface area contributed by atoms with Crippen LogP contribution in [0.25, 0.3) is 0 Å². The Morgan fingerprint density at radius 2 is 1.53 bits per heavy atom. The van der Waals surface area contributed by atoms with Gasteiger partial charge in [0.25, 0.3) is 0 Å². The van der Waals surface area contributed by atoms with Crippen LogP contribution in [0.2, 0.25) is 0 Å². The Bertz CT molecular complexity index is 183. The first-order chi connectivity index (χ1) is 5.49. The molecule has 0 aliphatic heterocycles. The predicted molar refractivity (Wildman–Crippen MR) is 67.1 cm³/mol. The van der Waals surface area contributed by atoms with Gasteiger partial charge in [-0.1, -0.05) is 43.6 Å². The van der Waals surface area contributed by atoms with Crippen LogP contribution in [0.4, 0.5) is 0 Å². The van der Waals surface area contributed by atoms with E-state index >= 15 is 0 Å². The second-order valence-corrected chi connectivity index (χ2v) is 2.90. The smallest absolute Gasteiger partial charge is 0.550 e. The number of carboxylic acid groups (broad SMARTS) is 2. The first kappa shape index (κ1) is 36.0. The molecule has 2 unspecified atom stereocenters. The zero-order valence-electron chi connectivity index (χ0n) is 8.24. The van der Waals surface area contributed by atoms with Gasteiger partial charge in [-0.25, -0.2) is 0 Å². The van der Waals surface area contributed by atoms with Gasteiger partial charge in [-0.3, -0.25) is 4.79 Å². The van der Waals surface area contributed by atoms with Gasteiger partial charge in [0.05, 0.1) is 5.92 Å². The molecule has 17 heavy (non-hydrogen) atoms. The van der Waals surface area contributed by atoms with Crippen LogP contribution in [0.3, 0.4) is 0 Å². The van der Waals surface area contributed by atoms with Gasteiger partial charge >= 0.3 is 35.5 Å². The minimum absolute atomic E-state index is 0. The summed E-state index contributed by atoms with van der Waals surface area (Å²) in [5, 5.41) is 18.9. The van der Waals surface area contributed by atoms with Gasteiger partial charge in [0.1, 0.15) is 0 Å². The van der Waals surface area contributed by atoms with Crippen molar-refractivity contribution >= 4 is 11.9 Å². The summed E-state index contributed by atoms with van der Waals surface area (Å²) in [5.41, 5.74) is 0. The summed E-state index contributed by atoms with van der Waals surface area (Å²) in [5.74, 6) is -3.38. The van der Waals surface area contributed by atoms with Gasteiger partial charge in [-0.05, 0) is 18.8 Å². The maximum absolute atomic E-state index is 10.4. The standard InChI is InChI=1S/C8H14O4.4CH4.Na/c1-3-6(8(11)12)4-5(2)7(9)10;;;;;/h5-6H,3-4H2,1-2H3,(H,9,10)(H,11,12);4*1H4;/q;;;;;+1/p-1. The van der Waals surface area contributed by atoms with E-state index < -0.39 is 23.8 Å². The van der Waals surface area contributed by atoms with Crippen molar-refractivity contribution in [2.24, 2.45) is 11.8 Å². The normalized spacial score (nSPS) is 10.7. The third kappa shape index (κ3) is 15.9. The Labute approximate surface area is 129 Å². The number of rotatable bonds is 5. The Kier molecular flexibility index (Phi) is 38.7. The van der Waals surface area contributed by atoms with E-state index in [1.807, 2.05) is 0 Å². The van der Waals surface area contributed by atoms with Gasteiger partial charge < -0.3 is 15.0 Å². The largest absolute Gasteiger partial charge is 1.00 e. The number of hydrogen-bond donors (Lipinski definition) is 1. The fraction of sp³-hybridized carbons (Fsp3) is 0.833. The third-order valence-electron chi connectivity index (χ3n) is 1.89. The second-order valence-electron chi connectivity index (χ2n) is 2.90. The maximum atomic E-state index is 10.4. The number of aliphatic carboxylic acids is 2. The molecule has 5 heteroatoms. The third-order valence-corrected chi connectivity index (χ3v) is 1.89. The van der Waals surface area contributed by atoms with E-state index in [1.54, 1.807) is 6.92 Å². The molecule has 0 bridgehead atoms. The molecule has 0 fully saturated rings. The molecule has 0 aromatic rings. The molecule has 0 aliphatic carbocycles. The van der Waals surface area contributed by atoms with Crippen LogP contribution in [0, 0.1) is 11.8 Å². The predicted octanol–water partition coefficient (Wildman–Crippen LogP) is -0.578. The molecule has 0 amide bonds. The Hall–Kier alpha value is -0.0600. The number of hydrogen-bond acceptors (Lipinski definition) is 3. The maximum Gasteiger partial charge on any atom is 1.00 e. The summed E-state index contributed by atoms with van der Waals surface area (Å²) in [4.78, 5) is 20.7. The van der Waals surface area contributed by atoms with Crippen LogP contribution in [-0.4, -0.2) is 17.0 Å². The van der Waals surface area contributed by atoms with Crippen molar-refractivity contribution in [1.29, 1.82) is 0 Å². The fourth-order valence-corrected chi connectivity index (χ4v) is 0.957. The van der Waals surface area contributed by atoms with E-state index in [1.165, 1.54) is 6.92 Å². The number of carbonyl (C=O) groups is 2. The molecule has 4 nitrogen and oxygen atoms in total. The summed E-state index contributed by atoms with van der Waals surface area (Å²) in [6, 6.07) is 0. The molecular weight excluding hydrogens is 231 g/mol. The molecule has 0 spiro atoms. The van der Waals surface area contributed by atoms with Crippen molar-refractivity contribution in [3.63, 3.8) is 0 Å². The van der Waals surface area contributed by atoms with Gasteiger partial charge in [0, 0.05) is 5.97 Å². The molecule has 0 saturated heterocycles. The van der Waals surface area contributed by atoms with Crippen LogP contribution >= 0.6 is 0 Å². The average molecular weight is 260 g/mol. The summed E-state index contributed by atoms with van der Waals surface area (Å²) in [6.07, 6.45) is 0.564. The summed E-state index contributed by atoms with van der Waals surface area (Å²) in [7, 11) is 0. The average Bonchev–Trinajstić information content (AvgIpc) is 1.98. The molecule has 0 aromatic carbocycles. The van der Waals surface area contributed by atoms with Crippen molar-refractivity contribution in [3.05, 3.63) is 0 Å². The van der Waals surface area contributed by atoms with Gasteiger partial charge in [0.15, 0.2) is 0 Å². The topological polar surface area (TPSA) is 77.4 Å². The van der Waals surface area contributed by atoms with Crippen LogP contribution in [0.15, 0.2) is 0 Å². The summed E-state index contributed by atoms with van der Waals surface area (Å²) >= 11 is 0. The molecule has 0 aromatic heterocycles. The first-order valence-corrected chi connectivity index (χ1v) is 3.92. The molecule has 2 atom stereocenters. The summed E-state index contributed by atoms with van der Waals surface area (Å²) in [6.45, 7) is 3.20. The quantitative estimate of drug-likeness (QED) is 0.671. The van der Waals surface area contributed by atoms with Gasteiger partial charge in [0.2, 0.25) is 0 Å². The van der Waals surface area contributed by atoms with E-state index in [0.29, 0.717) is 6.42 Å². The molecule has 1 N–H and O–H groups in total. The molecule has 0 rings (SSSR count). The van der Waals surface area contributed by atoms with E-state index in [9.17, 15) is 14.7 Å². The van der Waals surface area contributed by atoms with Gasteiger partial charge in [-0.2, -0.15) is 0 Å². The Balaban J connectivity index is -0.0000000605. The SMILES string of the molecule is C.C.C.C.CCC(CC(C)C(=O)O)C(=O)[O-].[Na+]. The van der Waals surface area contributed by atoms with E-state index in [4.69, 9.17) is 5.11 Å². The zero-order chi connectivity index (χ0) is 9.72. The molecule has 0 radical (unpaired) electrons. The molecule has 102 valence electrons. The van der Waals surface area contributed by atoms with Crippen molar-refractivity contribution in [2.45, 2.75) is 56.4 Å². The number of carbonyl (C=O) groups excluding carboxylic acids is 1.